The molecule has 186 valence electrons. The summed E-state index contributed by atoms with van der Waals surface area (Å²) in [7, 11) is 1.79. The molecule has 4 aromatic rings. The first-order chi connectivity index (χ1) is 17.3. The molecule has 3 aromatic heterocycles. The van der Waals surface area contributed by atoms with Crippen LogP contribution in [0.1, 0.15) is 46.4 Å². The van der Waals surface area contributed by atoms with Gasteiger partial charge in [-0.15, -0.1) is 0 Å². The van der Waals surface area contributed by atoms with Crippen molar-refractivity contribution in [3.8, 4) is 0 Å². The molecule has 0 spiro atoms. The molecule has 0 bridgehead atoms. The number of anilines is 3. The van der Waals surface area contributed by atoms with Gasteiger partial charge in [-0.25, -0.2) is 15.0 Å². The minimum absolute atomic E-state index is 0.0427. The first-order valence-corrected chi connectivity index (χ1v) is 11.7. The van der Waals surface area contributed by atoms with E-state index in [0.717, 1.165) is 36.2 Å². The molecule has 1 aliphatic rings. The van der Waals surface area contributed by atoms with Crippen molar-refractivity contribution in [3.63, 3.8) is 0 Å². The van der Waals surface area contributed by atoms with Gasteiger partial charge >= 0.3 is 0 Å². The van der Waals surface area contributed by atoms with E-state index in [0.29, 0.717) is 17.1 Å². The van der Waals surface area contributed by atoms with Gasteiger partial charge in [0.15, 0.2) is 11.5 Å². The van der Waals surface area contributed by atoms with Crippen molar-refractivity contribution in [2.45, 2.75) is 38.8 Å². The lowest BCUT2D eigenvalue weighted by molar-refractivity contribution is 0.0923. The maximum Gasteiger partial charge on any atom is 0.271 e. The standard InChI is InChI=1S/C24H28N10O2/c1-13-17(31-24(36)15-6-7-18-19(9-15)29-14(2)28-18)5-4-8-34(13)20-11-26-21(22(25)35)23(32-20)30-16-10-27-33(3)12-16/h6-7,9-13,17H,4-5,8H2,1-3H3,(H2,25,35)(H,28,29)(H,30,32)(H,31,36)/t13-,17-/m1/s1. The summed E-state index contributed by atoms with van der Waals surface area (Å²) in [6, 6.07) is 5.30. The van der Waals surface area contributed by atoms with Crippen molar-refractivity contribution < 1.29 is 9.59 Å². The van der Waals surface area contributed by atoms with Crippen LogP contribution in [0, 0.1) is 6.92 Å². The number of carbonyl (C=O) groups is 2. The van der Waals surface area contributed by atoms with Crippen molar-refractivity contribution >= 4 is 40.2 Å². The van der Waals surface area contributed by atoms with Gasteiger partial charge < -0.3 is 26.3 Å². The smallest absolute Gasteiger partial charge is 0.271 e. The summed E-state index contributed by atoms with van der Waals surface area (Å²) in [5.41, 5.74) is 8.45. The van der Waals surface area contributed by atoms with Crippen LogP contribution in [-0.4, -0.2) is 60.2 Å². The zero-order chi connectivity index (χ0) is 25.4. The van der Waals surface area contributed by atoms with E-state index in [1.807, 2.05) is 19.9 Å². The van der Waals surface area contributed by atoms with Crippen molar-refractivity contribution in [3.05, 3.63) is 53.9 Å². The van der Waals surface area contributed by atoms with E-state index in [2.05, 4.69) is 40.6 Å². The van der Waals surface area contributed by atoms with Crippen molar-refractivity contribution in [2.24, 2.45) is 12.8 Å². The Hall–Kier alpha value is -4.48. The summed E-state index contributed by atoms with van der Waals surface area (Å²) in [5.74, 6) is 0.826. The van der Waals surface area contributed by atoms with Crippen LogP contribution in [0.25, 0.3) is 11.0 Å². The minimum atomic E-state index is -0.679. The number of nitrogens with zero attached hydrogens (tertiary/aromatic N) is 6. The van der Waals surface area contributed by atoms with Gasteiger partial charge in [0.25, 0.3) is 11.8 Å². The summed E-state index contributed by atoms with van der Waals surface area (Å²) >= 11 is 0. The fourth-order valence-electron chi connectivity index (χ4n) is 4.59. The SMILES string of the molecule is Cc1nc2cc(C(=O)N[C@@H]3CCCN(c4cnc(C(N)=O)c(Nc5cnn(C)c5)n4)[C@@H]3C)ccc2[nH]1. The highest BCUT2D eigenvalue weighted by atomic mass is 16.2. The quantitative estimate of drug-likeness (QED) is 0.321. The average Bonchev–Trinajstić information content (AvgIpc) is 3.43. The molecular weight excluding hydrogens is 460 g/mol. The minimum Gasteiger partial charge on any atom is -0.364 e. The number of benzene rings is 1. The van der Waals surface area contributed by atoms with Crippen LogP contribution < -0.4 is 21.3 Å². The van der Waals surface area contributed by atoms with Crippen LogP contribution in [0.5, 0.6) is 0 Å². The fourth-order valence-corrected chi connectivity index (χ4v) is 4.59. The number of aromatic amines is 1. The van der Waals surface area contributed by atoms with E-state index >= 15 is 0 Å². The molecule has 0 saturated carbocycles. The molecule has 1 aliphatic heterocycles. The number of imidazole rings is 1. The third-order valence-corrected chi connectivity index (χ3v) is 6.42. The first kappa shape index (κ1) is 23.3. The van der Waals surface area contributed by atoms with Crippen LogP contribution >= 0.6 is 0 Å². The predicted octanol–water partition coefficient (Wildman–Crippen LogP) is 2.02. The van der Waals surface area contributed by atoms with Gasteiger partial charge in [0, 0.05) is 37.4 Å². The molecule has 1 saturated heterocycles. The van der Waals surface area contributed by atoms with E-state index in [1.165, 1.54) is 0 Å². The third-order valence-electron chi connectivity index (χ3n) is 6.42. The number of aromatic nitrogens is 6. The van der Waals surface area contributed by atoms with E-state index < -0.39 is 5.91 Å². The molecule has 12 nitrogen and oxygen atoms in total. The Balaban J connectivity index is 1.35. The lowest BCUT2D eigenvalue weighted by atomic mass is 9.97. The highest BCUT2D eigenvalue weighted by Gasteiger charge is 2.31. The molecule has 0 aliphatic carbocycles. The van der Waals surface area contributed by atoms with Crippen LogP contribution in [0.3, 0.4) is 0 Å². The van der Waals surface area contributed by atoms with Gasteiger partial charge in [0.2, 0.25) is 0 Å². The number of piperidine rings is 1. The molecule has 36 heavy (non-hydrogen) atoms. The Morgan fingerprint density at radius 2 is 2.06 bits per heavy atom. The van der Waals surface area contributed by atoms with Crippen LogP contribution in [-0.2, 0) is 7.05 Å². The molecule has 2 atom stereocenters. The number of hydrogen-bond acceptors (Lipinski definition) is 8. The second-order valence-corrected chi connectivity index (χ2v) is 9.03. The number of nitrogens with two attached hydrogens (primary N) is 1. The Morgan fingerprint density at radius 1 is 1.22 bits per heavy atom. The van der Waals surface area contributed by atoms with Crippen LogP contribution in [0.15, 0.2) is 36.8 Å². The number of fused-ring (bicyclic) bond motifs is 1. The van der Waals surface area contributed by atoms with Gasteiger partial charge in [-0.05, 0) is 44.9 Å². The Kier molecular flexibility index (Phi) is 6.00. The molecule has 1 fully saturated rings. The number of hydrogen-bond donors (Lipinski definition) is 4. The van der Waals surface area contributed by atoms with Gasteiger partial charge in [0.1, 0.15) is 11.6 Å². The monoisotopic (exact) mass is 488 g/mol. The highest BCUT2D eigenvalue weighted by Crippen LogP contribution is 2.27. The van der Waals surface area contributed by atoms with Crippen LogP contribution in [0.2, 0.25) is 0 Å². The zero-order valence-corrected chi connectivity index (χ0v) is 20.3. The number of aryl methyl sites for hydroxylation is 2. The van der Waals surface area contributed by atoms with E-state index in [4.69, 9.17) is 5.73 Å². The third kappa shape index (κ3) is 4.57. The second kappa shape index (κ2) is 9.29. The fraction of sp³-hybridized carbons (Fsp3) is 0.333. The molecule has 0 unspecified atom stereocenters. The Labute approximate surface area is 207 Å². The summed E-state index contributed by atoms with van der Waals surface area (Å²) < 4.78 is 1.63. The Bertz CT molecular complexity index is 1440. The topological polar surface area (TPSA) is 160 Å². The van der Waals surface area contributed by atoms with Gasteiger partial charge in [-0.3, -0.25) is 14.3 Å². The zero-order valence-electron chi connectivity index (χ0n) is 20.3. The molecule has 5 rings (SSSR count). The summed E-state index contributed by atoms with van der Waals surface area (Å²) in [6.07, 6.45) is 6.62. The molecule has 4 heterocycles. The van der Waals surface area contributed by atoms with E-state index in [9.17, 15) is 9.59 Å². The lowest BCUT2D eigenvalue weighted by Crippen LogP contribution is -2.54. The summed E-state index contributed by atoms with van der Waals surface area (Å²) in [6.45, 7) is 4.67. The molecule has 1 aromatic carbocycles. The number of nitrogens with one attached hydrogen (secondary N) is 3. The number of H-pyrrole nitrogens is 1. The molecule has 12 heteroatoms. The molecule has 0 radical (unpaired) electrons. The van der Waals surface area contributed by atoms with E-state index in [-0.39, 0.29) is 29.5 Å². The number of primary amides is 1. The summed E-state index contributed by atoms with van der Waals surface area (Å²) in [4.78, 5) is 43.7. The van der Waals surface area contributed by atoms with E-state index in [1.54, 1.807) is 42.5 Å². The largest absolute Gasteiger partial charge is 0.364 e. The highest BCUT2D eigenvalue weighted by molar-refractivity contribution is 5.98. The maximum absolute atomic E-state index is 13.1. The van der Waals surface area contributed by atoms with Gasteiger partial charge in [0.05, 0.1) is 29.1 Å². The second-order valence-electron chi connectivity index (χ2n) is 9.03. The molecular formula is C24H28N10O2. The van der Waals surface area contributed by atoms with Gasteiger partial charge in [-0.2, -0.15) is 5.10 Å². The normalized spacial score (nSPS) is 17.8. The van der Waals surface area contributed by atoms with Crippen molar-refractivity contribution in [2.75, 3.05) is 16.8 Å². The number of amides is 2. The molecule has 2 amide bonds. The number of carbonyl (C=O) groups excluding carboxylic acids is 2. The Morgan fingerprint density at radius 3 is 2.81 bits per heavy atom. The van der Waals surface area contributed by atoms with Crippen molar-refractivity contribution in [1.82, 2.24) is 35.0 Å². The average molecular weight is 489 g/mol. The lowest BCUT2D eigenvalue weighted by Gasteiger charge is -2.40. The predicted molar refractivity (Wildman–Crippen MR) is 135 cm³/mol. The molecule has 5 N–H and O–H groups in total. The maximum atomic E-state index is 13.1. The van der Waals surface area contributed by atoms with Gasteiger partial charge in [-0.1, -0.05) is 0 Å². The number of rotatable bonds is 6. The first-order valence-electron chi connectivity index (χ1n) is 11.7. The summed E-state index contributed by atoms with van der Waals surface area (Å²) in [5, 5.41) is 10.4. The van der Waals surface area contributed by atoms with Crippen LogP contribution in [0.4, 0.5) is 17.3 Å². The van der Waals surface area contributed by atoms with Crippen molar-refractivity contribution in [1.29, 1.82) is 0 Å².